The molecule has 5 rings (SSSR count). The zero-order chi connectivity index (χ0) is 21.3. The maximum atomic E-state index is 13.5. The number of pyridine rings is 1. The third-order valence-corrected chi connectivity index (χ3v) is 6.91. The van der Waals surface area contributed by atoms with Gasteiger partial charge < -0.3 is 15.0 Å². The van der Waals surface area contributed by atoms with Crippen LogP contribution >= 0.6 is 0 Å². The van der Waals surface area contributed by atoms with Gasteiger partial charge in [-0.1, -0.05) is 31.0 Å². The van der Waals surface area contributed by atoms with Crippen molar-refractivity contribution in [2.75, 3.05) is 25.1 Å². The molecular formula is C25H30N4O2. The van der Waals surface area contributed by atoms with Crippen LogP contribution in [0.5, 0.6) is 5.75 Å². The van der Waals surface area contributed by atoms with Gasteiger partial charge in [-0.25, -0.2) is 4.98 Å². The van der Waals surface area contributed by atoms with Crippen molar-refractivity contribution in [1.29, 1.82) is 0 Å². The molecule has 31 heavy (non-hydrogen) atoms. The predicted octanol–water partition coefficient (Wildman–Crippen LogP) is 3.86. The highest BCUT2D eigenvalue weighted by molar-refractivity contribution is 5.54. The molecule has 162 valence electrons. The van der Waals surface area contributed by atoms with E-state index in [1.54, 1.807) is 11.5 Å². The molecule has 3 aromatic rings. The summed E-state index contributed by atoms with van der Waals surface area (Å²) in [5.74, 6) is 1.72. The number of aromatic nitrogens is 2. The molecule has 1 aromatic carbocycles. The van der Waals surface area contributed by atoms with Gasteiger partial charge in [-0.05, 0) is 55.5 Å². The Balaban J connectivity index is 1.52. The summed E-state index contributed by atoms with van der Waals surface area (Å²) in [6.07, 6.45) is 8.63. The fraction of sp³-hybridized carbons (Fsp3) is 0.440. The fourth-order valence-corrected chi connectivity index (χ4v) is 5.17. The van der Waals surface area contributed by atoms with Crippen molar-refractivity contribution >= 4 is 11.5 Å². The van der Waals surface area contributed by atoms with Crippen molar-refractivity contribution in [3.05, 3.63) is 70.1 Å². The molecule has 0 atom stereocenters. The molecule has 1 saturated carbocycles. The minimum Gasteiger partial charge on any atom is -0.497 e. The van der Waals surface area contributed by atoms with Crippen molar-refractivity contribution in [1.82, 2.24) is 14.7 Å². The van der Waals surface area contributed by atoms with E-state index < -0.39 is 0 Å². The lowest BCUT2D eigenvalue weighted by Crippen LogP contribution is -2.41. The number of rotatable bonds is 6. The molecule has 1 aliphatic carbocycles. The summed E-state index contributed by atoms with van der Waals surface area (Å²) in [6, 6.07) is 14.1. The van der Waals surface area contributed by atoms with Crippen molar-refractivity contribution in [2.45, 2.75) is 50.6 Å². The van der Waals surface area contributed by atoms with Crippen LogP contribution in [-0.4, -0.2) is 29.6 Å². The Morgan fingerprint density at radius 3 is 2.48 bits per heavy atom. The number of hydrogen-bond donors (Lipinski definition) is 1. The fourth-order valence-electron chi connectivity index (χ4n) is 5.17. The van der Waals surface area contributed by atoms with Crippen molar-refractivity contribution in [3.63, 3.8) is 0 Å². The summed E-state index contributed by atoms with van der Waals surface area (Å²) in [6.45, 7) is 2.44. The second-order valence-corrected chi connectivity index (χ2v) is 8.71. The number of benzene rings is 1. The molecule has 0 bridgehead atoms. The second kappa shape index (κ2) is 8.35. The Morgan fingerprint density at radius 1 is 1.03 bits per heavy atom. The van der Waals surface area contributed by atoms with Gasteiger partial charge in [0.2, 0.25) is 0 Å². The van der Waals surface area contributed by atoms with Crippen LogP contribution in [0.25, 0.3) is 5.65 Å². The van der Waals surface area contributed by atoms with Gasteiger partial charge in [-0.3, -0.25) is 9.20 Å². The molecule has 1 aliphatic heterocycles. The van der Waals surface area contributed by atoms with Gasteiger partial charge in [0, 0.05) is 31.4 Å². The lowest BCUT2D eigenvalue weighted by Gasteiger charge is -2.32. The second-order valence-electron chi connectivity index (χ2n) is 8.71. The van der Waals surface area contributed by atoms with Gasteiger partial charge in [-0.2, -0.15) is 0 Å². The first-order valence-electron chi connectivity index (χ1n) is 11.3. The van der Waals surface area contributed by atoms with Gasteiger partial charge in [0.05, 0.1) is 12.7 Å². The predicted molar refractivity (Wildman–Crippen MR) is 123 cm³/mol. The highest BCUT2D eigenvalue weighted by atomic mass is 16.5. The maximum absolute atomic E-state index is 13.5. The molecule has 2 fully saturated rings. The zero-order valence-corrected chi connectivity index (χ0v) is 18.1. The molecule has 0 amide bonds. The van der Waals surface area contributed by atoms with Crippen LogP contribution in [-0.2, 0) is 12.1 Å². The first-order valence-corrected chi connectivity index (χ1v) is 11.3. The summed E-state index contributed by atoms with van der Waals surface area (Å²) in [5, 5.41) is 3.81. The molecule has 0 radical (unpaired) electrons. The molecule has 1 saturated heterocycles. The summed E-state index contributed by atoms with van der Waals surface area (Å²) in [7, 11) is 1.69. The van der Waals surface area contributed by atoms with Crippen molar-refractivity contribution < 1.29 is 4.74 Å². The Kier molecular flexibility index (Phi) is 5.40. The molecule has 1 N–H and O–H groups in total. The average molecular weight is 419 g/mol. The molecule has 0 spiro atoms. The highest BCUT2D eigenvalue weighted by Gasteiger charge is 2.36. The van der Waals surface area contributed by atoms with E-state index in [0.29, 0.717) is 12.2 Å². The third kappa shape index (κ3) is 3.69. The number of methoxy groups -OCH3 is 1. The number of nitrogens with one attached hydrogen (secondary N) is 1. The Bertz CT molecular complexity index is 1110. The number of ether oxygens (including phenoxy) is 1. The quantitative estimate of drug-likeness (QED) is 0.659. The van der Waals surface area contributed by atoms with Gasteiger partial charge in [-0.15, -0.1) is 0 Å². The van der Waals surface area contributed by atoms with Crippen LogP contribution in [0.2, 0.25) is 0 Å². The minimum absolute atomic E-state index is 0.0304. The van der Waals surface area contributed by atoms with Gasteiger partial charge in [0.25, 0.3) is 5.56 Å². The normalized spacial score (nSPS) is 18.0. The zero-order valence-electron chi connectivity index (χ0n) is 18.1. The number of fused-ring (bicyclic) bond motifs is 1. The van der Waals surface area contributed by atoms with Crippen LogP contribution in [0.4, 0.5) is 5.82 Å². The standard InChI is InChI=1S/C25H30N4O2/c1-31-20-11-9-19(10-12-20)25(13-3-4-14-25)26-18-21-23(28-15-6-7-16-28)27-22-8-2-5-17-29(22)24(21)30/h2,5,8-12,17,26H,3-4,6-7,13-16,18H2,1H3. The smallest absolute Gasteiger partial charge is 0.264 e. The molecule has 3 heterocycles. The van der Waals surface area contributed by atoms with E-state index in [1.807, 2.05) is 36.5 Å². The number of nitrogens with zero attached hydrogens (tertiary/aromatic N) is 3. The molecule has 2 aromatic heterocycles. The number of hydrogen-bond acceptors (Lipinski definition) is 5. The minimum atomic E-state index is -0.114. The average Bonchev–Trinajstić information content (AvgIpc) is 3.52. The van der Waals surface area contributed by atoms with E-state index in [2.05, 4.69) is 22.3 Å². The Morgan fingerprint density at radius 2 is 1.77 bits per heavy atom. The van der Waals surface area contributed by atoms with Crippen LogP contribution in [0.3, 0.4) is 0 Å². The third-order valence-electron chi connectivity index (χ3n) is 6.91. The summed E-state index contributed by atoms with van der Waals surface area (Å²) in [5.41, 5.74) is 2.66. The molecule has 6 heteroatoms. The topological polar surface area (TPSA) is 58.9 Å². The van der Waals surface area contributed by atoms with Crippen LogP contribution in [0.15, 0.2) is 53.5 Å². The van der Waals surface area contributed by atoms with E-state index in [4.69, 9.17) is 9.72 Å². The monoisotopic (exact) mass is 418 g/mol. The Labute approximate surface area is 182 Å². The summed E-state index contributed by atoms with van der Waals surface area (Å²) >= 11 is 0. The van der Waals surface area contributed by atoms with Crippen LogP contribution in [0, 0.1) is 0 Å². The van der Waals surface area contributed by atoms with E-state index in [-0.39, 0.29) is 11.1 Å². The number of anilines is 1. The lowest BCUT2D eigenvalue weighted by atomic mass is 9.88. The SMILES string of the molecule is COc1ccc(C2(NCc3c(N4CCCC4)nc4ccccn4c3=O)CCCC2)cc1. The first-order chi connectivity index (χ1) is 15.2. The highest BCUT2D eigenvalue weighted by Crippen LogP contribution is 2.39. The van der Waals surface area contributed by atoms with Crippen LogP contribution < -0.4 is 20.5 Å². The van der Waals surface area contributed by atoms with E-state index >= 15 is 0 Å². The van der Waals surface area contributed by atoms with Crippen molar-refractivity contribution in [2.24, 2.45) is 0 Å². The first kappa shape index (κ1) is 20.1. The Hall–Kier alpha value is -2.86. The molecular weight excluding hydrogens is 388 g/mol. The van der Waals surface area contributed by atoms with E-state index in [0.717, 1.165) is 55.9 Å². The largest absolute Gasteiger partial charge is 0.497 e. The summed E-state index contributed by atoms with van der Waals surface area (Å²) in [4.78, 5) is 20.7. The van der Waals surface area contributed by atoms with Gasteiger partial charge in [0.15, 0.2) is 0 Å². The summed E-state index contributed by atoms with van der Waals surface area (Å²) < 4.78 is 7.02. The van der Waals surface area contributed by atoms with E-state index in [9.17, 15) is 4.79 Å². The molecule has 0 unspecified atom stereocenters. The maximum Gasteiger partial charge on any atom is 0.264 e. The van der Waals surface area contributed by atoms with Gasteiger partial charge in [0.1, 0.15) is 17.2 Å². The van der Waals surface area contributed by atoms with E-state index in [1.165, 1.54) is 18.4 Å². The lowest BCUT2D eigenvalue weighted by molar-refractivity contribution is 0.337. The molecule has 6 nitrogen and oxygen atoms in total. The van der Waals surface area contributed by atoms with Crippen molar-refractivity contribution in [3.8, 4) is 5.75 Å². The van der Waals surface area contributed by atoms with Crippen LogP contribution in [0.1, 0.15) is 49.7 Å². The molecule has 2 aliphatic rings. The van der Waals surface area contributed by atoms with Gasteiger partial charge >= 0.3 is 0 Å².